The molecule has 0 aliphatic heterocycles. The number of nitriles is 1. The summed E-state index contributed by atoms with van der Waals surface area (Å²) in [5, 5.41) is 31.9. The van der Waals surface area contributed by atoms with Crippen molar-refractivity contribution in [3.05, 3.63) is 0 Å². The molecule has 3 heteroatoms. The van der Waals surface area contributed by atoms with Crippen LogP contribution in [0.15, 0.2) is 0 Å². The molecule has 0 unspecified atom stereocenters. The van der Waals surface area contributed by atoms with E-state index in [9.17, 15) is 15.5 Å². The van der Waals surface area contributed by atoms with Crippen LogP contribution in [0.1, 0.15) is 78.6 Å². The summed E-state index contributed by atoms with van der Waals surface area (Å²) in [5.74, 6) is 3.23. The highest BCUT2D eigenvalue weighted by atomic mass is 16.3. The first-order valence-corrected chi connectivity index (χ1v) is 11.0. The Labute approximate surface area is 158 Å². The van der Waals surface area contributed by atoms with E-state index in [0.29, 0.717) is 30.1 Å². The Kier molecular flexibility index (Phi) is 3.41. The molecule has 5 fully saturated rings. The lowest BCUT2D eigenvalue weighted by molar-refractivity contribution is -0.223. The average molecular weight is 358 g/mol. The highest BCUT2D eigenvalue weighted by molar-refractivity contribution is 5.25. The maximum Gasteiger partial charge on any atom is 0.0728 e. The molecule has 0 amide bonds. The van der Waals surface area contributed by atoms with Gasteiger partial charge in [0, 0.05) is 6.42 Å². The summed E-state index contributed by atoms with van der Waals surface area (Å²) < 4.78 is 0. The van der Waals surface area contributed by atoms with Gasteiger partial charge in [-0.2, -0.15) is 5.26 Å². The van der Waals surface area contributed by atoms with Crippen LogP contribution in [0.25, 0.3) is 0 Å². The van der Waals surface area contributed by atoms with Gasteiger partial charge in [0.2, 0.25) is 0 Å². The summed E-state index contributed by atoms with van der Waals surface area (Å²) in [4.78, 5) is 0. The zero-order valence-corrected chi connectivity index (χ0v) is 16.7. The minimum absolute atomic E-state index is 0.0542. The second-order valence-electron chi connectivity index (χ2n) is 11.3. The van der Waals surface area contributed by atoms with Gasteiger partial charge in [-0.3, -0.25) is 0 Å². The van der Waals surface area contributed by atoms with Crippen molar-refractivity contribution in [2.45, 2.75) is 90.3 Å². The monoisotopic (exact) mass is 357 g/mol. The van der Waals surface area contributed by atoms with E-state index in [0.717, 1.165) is 44.4 Å². The van der Waals surface area contributed by atoms with Gasteiger partial charge in [0.25, 0.3) is 0 Å². The lowest BCUT2D eigenvalue weighted by Gasteiger charge is -2.64. The first-order valence-electron chi connectivity index (χ1n) is 11.0. The molecule has 0 bridgehead atoms. The van der Waals surface area contributed by atoms with E-state index in [2.05, 4.69) is 26.8 Å². The Morgan fingerprint density at radius 1 is 0.846 bits per heavy atom. The fourth-order valence-electron chi connectivity index (χ4n) is 9.18. The van der Waals surface area contributed by atoms with E-state index in [-0.39, 0.29) is 22.3 Å². The number of rotatable bonds is 0. The number of aliphatic hydroxyl groups excluding tert-OH is 1. The molecule has 5 aliphatic rings. The largest absolute Gasteiger partial charge is 0.393 e. The molecule has 5 rings (SSSR count). The van der Waals surface area contributed by atoms with Crippen LogP contribution in [0.5, 0.6) is 0 Å². The van der Waals surface area contributed by atoms with Crippen molar-refractivity contribution < 1.29 is 10.2 Å². The Hall–Kier alpha value is -0.590. The summed E-state index contributed by atoms with van der Waals surface area (Å²) in [7, 11) is 0. The van der Waals surface area contributed by atoms with Crippen LogP contribution >= 0.6 is 0 Å². The Bertz CT molecular complexity index is 672. The molecule has 10 atom stereocenters. The first kappa shape index (κ1) is 17.5. The molecule has 0 radical (unpaired) electrons. The zero-order valence-electron chi connectivity index (χ0n) is 16.7. The molecule has 26 heavy (non-hydrogen) atoms. The highest BCUT2D eigenvalue weighted by Gasteiger charge is 2.73. The number of fused-ring (bicyclic) bond motifs is 7. The van der Waals surface area contributed by atoms with E-state index in [1.165, 1.54) is 12.8 Å². The Morgan fingerprint density at radius 3 is 2.19 bits per heavy atom. The third kappa shape index (κ3) is 1.73. The molecular weight excluding hydrogens is 322 g/mol. The zero-order chi connectivity index (χ0) is 18.5. The van der Waals surface area contributed by atoms with Crippen LogP contribution in [-0.4, -0.2) is 21.9 Å². The molecule has 0 aromatic rings. The van der Waals surface area contributed by atoms with Crippen LogP contribution < -0.4 is 0 Å². The fourth-order valence-corrected chi connectivity index (χ4v) is 9.18. The average Bonchev–Trinajstić information content (AvgIpc) is 2.69. The third-order valence-electron chi connectivity index (χ3n) is 11.0. The molecule has 0 spiro atoms. The van der Waals surface area contributed by atoms with Crippen molar-refractivity contribution in [2.24, 2.45) is 45.8 Å². The SMILES string of the molecule is C[C@]1(C#N)[C@H]2CC[C@H]2[C@H]2[C@@H]3CC[C@]4(O)C[C@@H](O)CC[C@]4(C)[C@H]3CC[C@@]21C. The van der Waals surface area contributed by atoms with Gasteiger partial charge in [0.05, 0.1) is 23.2 Å². The van der Waals surface area contributed by atoms with E-state index < -0.39 is 5.60 Å². The van der Waals surface area contributed by atoms with Crippen LogP contribution in [-0.2, 0) is 0 Å². The molecular formula is C23H35NO2. The summed E-state index contributed by atoms with van der Waals surface area (Å²) in [6.45, 7) is 7.03. The standard InChI is InChI=1S/C23H35NO2/c1-20-9-6-14(25)12-23(20,26)11-7-16-18(20)8-10-21(2)19(16)15-4-5-17(15)22(21,3)13-24/h14-19,25-26H,4-12H2,1-3H3/t14-,15+,16+,17-,18-,19-,20+,21-,22-,23-/m0/s1. The van der Waals surface area contributed by atoms with Gasteiger partial charge in [-0.25, -0.2) is 0 Å². The summed E-state index contributed by atoms with van der Waals surface area (Å²) >= 11 is 0. The van der Waals surface area contributed by atoms with Crippen LogP contribution in [0.2, 0.25) is 0 Å². The molecule has 0 aromatic carbocycles. The smallest absolute Gasteiger partial charge is 0.0728 e. The minimum atomic E-state index is -0.685. The highest BCUT2D eigenvalue weighted by Crippen LogP contribution is 2.77. The molecule has 144 valence electrons. The topological polar surface area (TPSA) is 64.2 Å². The van der Waals surface area contributed by atoms with Gasteiger partial charge >= 0.3 is 0 Å². The third-order valence-corrected chi connectivity index (χ3v) is 11.0. The van der Waals surface area contributed by atoms with Crippen molar-refractivity contribution in [1.29, 1.82) is 5.26 Å². The van der Waals surface area contributed by atoms with E-state index >= 15 is 0 Å². The van der Waals surface area contributed by atoms with Crippen LogP contribution in [0.3, 0.4) is 0 Å². The normalized spacial score (nSPS) is 63.5. The Balaban J connectivity index is 1.54. The van der Waals surface area contributed by atoms with Crippen LogP contribution in [0, 0.1) is 57.2 Å². The molecule has 3 nitrogen and oxygen atoms in total. The van der Waals surface area contributed by atoms with Gasteiger partial charge in [-0.1, -0.05) is 13.8 Å². The molecule has 5 saturated carbocycles. The first-order chi connectivity index (χ1) is 12.2. The van der Waals surface area contributed by atoms with Crippen LogP contribution in [0.4, 0.5) is 0 Å². The number of aliphatic hydroxyl groups is 2. The van der Waals surface area contributed by atoms with E-state index in [4.69, 9.17) is 0 Å². The van der Waals surface area contributed by atoms with Crippen molar-refractivity contribution in [1.82, 2.24) is 0 Å². The summed E-state index contributed by atoms with van der Waals surface area (Å²) in [6.07, 6.45) is 8.82. The minimum Gasteiger partial charge on any atom is -0.393 e. The van der Waals surface area contributed by atoms with E-state index in [1.54, 1.807) is 0 Å². The predicted molar refractivity (Wildman–Crippen MR) is 99.9 cm³/mol. The van der Waals surface area contributed by atoms with Crippen molar-refractivity contribution in [3.63, 3.8) is 0 Å². The van der Waals surface area contributed by atoms with Gasteiger partial charge in [-0.15, -0.1) is 0 Å². The predicted octanol–water partition coefficient (Wildman–Crippen LogP) is 4.28. The number of nitrogens with zero attached hydrogens (tertiary/aromatic N) is 1. The molecule has 0 heterocycles. The Morgan fingerprint density at radius 2 is 1.54 bits per heavy atom. The van der Waals surface area contributed by atoms with Crippen molar-refractivity contribution in [2.75, 3.05) is 0 Å². The van der Waals surface area contributed by atoms with Crippen molar-refractivity contribution in [3.8, 4) is 6.07 Å². The molecule has 5 aliphatic carbocycles. The summed E-state index contributed by atoms with van der Waals surface area (Å²) in [6, 6.07) is 2.80. The van der Waals surface area contributed by atoms with Gasteiger partial charge < -0.3 is 10.2 Å². The summed E-state index contributed by atoms with van der Waals surface area (Å²) in [5.41, 5.74) is -0.755. The molecule has 0 saturated heterocycles. The lowest BCUT2D eigenvalue weighted by Crippen LogP contribution is -2.63. The number of hydrogen-bond donors (Lipinski definition) is 2. The quantitative estimate of drug-likeness (QED) is 0.680. The van der Waals surface area contributed by atoms with Gasteiger partial charge in [0.15, 0.2) is 0 Å². The maximum atomic E-state index is 11.5. The van der Waals surface area contributed by atoms with Gasteiger partial charge in [-0.05, 0) is 98.7 Å². The maximum absolute atomic E-state index is 11.5. The van der Waals surface area contributed by atoms with E-state index in [1.807, 2.05) is 0 Å². The fraction of sp³-hybridized carbons (Fsp3) is 0.957. The lowest BCUT2D eigenvalue weighted by atomic mass is 9.42. The van der Waals surface area contributed by atoms with Crippen molar-refractivity contribution >= 4 is 0 Å². The second-order valence-corrected chi connectivity index (χ2v) is 11.3. The second kappa shape index (κ2) is 5.06. The molecule has 2 N–H and O–H groups in total. The van der Waals surface area contributed by atoms with Gasteiger partial charge in [0.1, 0.15) is 0 Å². The molecule has 0 aromatic heterocycles. The number of hydrogen-bond acceptors (Lipinski definition) is 3.